The number of hydrogen-bond acceptors (Lipinski definition) is 2. The standard InChI is InChI=1S/C15H20ClN3/c1-3-7-17-11-12-5-6-13(10-14(12)16)19-9-8-18-15(19)4-2/h5-6,8-10,17H,3-4,7,11H2,1-2H3. The number of nitrogens with zero attached hydrogens (tertiary/aromatic N) is 2. The van der Waals surface area contributed by atoms with Crippen LogP contribution in [-0.2, 0) is 13.0 Å². The lowest BCUT2D eigenvalue weighted by atomic mass is 10.2. The van der Waals surface area contributed by atoms with Gasteiger partial charge in [0.05, 0.1) is 0 Å². The van der Waals surface area contributed by atoms with E-state index in [-0.39, 0.29) is 0 Å². The molecule has 0 unspecified atom stereocenters. The molecule has 0 aliphatic heterocycles. The SMILES string of the molecule is CCCNCc1ccc(-n2ccnc2CC)cc1Cl. The van der Waals surface area contributed by atoms with E-state index >= 15 is 0 Å². The fourth-order valence-corrected chi connectivity index (χ4v) is 2.30. The van der Waals surface area contributed by atoms with E-state index in [2.05, 4.69) is 40.8 Å². The summed E-state index contributed by atoms with van der Waals surface area (Å²) in [4.78, 5) is 4.33. The Bertz CT molecular complexity index is 534. The molecule has 1 heterocycles. The summed E-state index contributed by atoms with van der Waals surface area (Å²) in [6.07, 6.45) is 5.83. The molecule has 0 saturated heterocycles. The molecule has 1 aromatic heterocycles. The highest BCUT2D eigenvalue weighted by Gasteiger charge is 2.06. The average molecular weight is 278 g/mol. The van der Waals surface area contributed by atoms with Crippen molar-refractivity contribution in [3.05, 3.63) is 47.0 Å². The van der Waals surface area contributed by atoms with Gasteiger partial charge in [0.15, 0.2) is 0 Å². The molecule has 102 valence electrons. The summed E-state index contributed by atoms with van der Waals surface area (Å²) in [7, 11) is 0. The molecule has 0 radical (unpaired) electrons. The van der Waals surface area contributed by atoms with E-state index in [1.807, 2.05) is 18.5 Å². The Hall–Kier alpha value is -1.32. The Morgan fingerprint density at radius 3 is 2.84 bits per heavy atom. The number of nitrogens with one attached hydrogen (secondary N) is 1. The quantitative estimate of drug-likeness (QED) is 0.818. The third kappa shape index (κ3) is 3.37. The molecule has 1 N–H and O–H groups in total. The number of halogens is 1. The zero-order valence-electron chi connectivity index (χ0n) is 11.5. The molecule has 3 nitrogen and oxygen atoms in total. The third-order valence-corrected chi connectivity index (χ3v) is 3.44. The van der Waals surface area contributed by atoms with Gasteiger partial charge in [-0.25, -0.2) is 4.98 Å². The topological polar surface area (TPSA) is 29.9 Å². The van der Waals surface area contributed by atoms with Crippen molar-refractivity contribution in [2.45, 2.75) is 33.2 Å². The number of imidazole rings is 1. The molecule has 4 heteroatoms. The lowest BCUT2D eigenvalue weighted by Gasteiger charge is -2.10. The molecule has 0 amide bonds. The summed E-state index contributed by atoms with van der Waals surface area (Å²) >= 11 is 6.35. The Balaban J connectivity index is 2.19. The van der Waals surface area contributed by atoms with E-state index in [1.165, 1.54) is 0 Å². The highest BCUT2D eigenvalue weighted by atomic mass is 35.5. The van der Waals surface area contributed by atoms with Crippen LogP contribution < -0.4 is 5.32 Å². The van der Waals surface area contributed by atoms with Crippen molar-refractivity contribution in [1.29, 1.82) is 0 Å². The molecule has 19 heavy (non-hydrogen) atoms. The molecule has 0 aliphatic rings. The van der Waals surface area contributed by atoms with Crippen molar-refractivity contribution in [2.75, 3.05) is 6.54 Å². The van der Waals surface area contributed by atoms with E-state index in [0.29, 0.717) is 0 Å². The lowest BCUT2D eigenvalue weighted by molar-refractivity contribution is 0.675. The Morgan fingerprint density at radius 2 is 2.16 bits per heavy atom. The summed E-state index contributed by atoms with van der Waals surface area (Å²) in [6, 6.07) is 6.18. The molecule has 0 bridgehead atoms. The third-order valence-electron chi connectivity index (χ3n) is 3.09. The number of aryl methyl sites for hydroxylation is 1. The van der Waals surface area contributed by atoms with Crippen LogP contribution in [0.5, 0.6) is 0 Å². The van der Waals surface area contributed by atoms with Gasteiger partial charge in [-0.1, -0.05) is 31.5 Å². The van der Waals surface area contributed by atoms with Crippen molar-refractivity contribution in [3.8, 4) is 5.69 Å². The van der Waals surface area contributed by atoms with Gasteiger partial charge < -0.3 is 9.88 Å². The van der Waals surface area contributed by atoms with Gasteiger partial charge in [0.1, 0.15) is 5.82 Å². The van der Waals surface area contributed by atoms with Gasteiger partial charge in [0.2, 0.25) is 0 Å². The summed E-state index contributed by atoms with van der Waals surface area (Å²) < 4.78 is 2.08. The maximum atomic E-state index is 6.35. The summed E-state index contributed by atoms with van der Waals surface area (Å²) in [5.74, 6) is 1.05. The van der Waals surface area contributed by atoms with Gasteiger partial charge in [-0.15, -0.1) is 0 Å². The van der Waals surface area contributed by atoms with Crippen LogP contribution in [0.15, 0.2) is 30.6 Å². The van der Waals surface area contributed by atoms with E-state index in [4.69, 9.17) is 11.6 Å². The number of aromatic nitrogens is 2. The van der Waals surface area contributed by atoms with Gasteiger partial charge in [0.25, 0.3) is 0 Å². The summed E-state index contributed by atoms with van der Waals surface area (Å²) in [6.45, 7) is 6.09. The van der Waals surface area contributed by atoms with Crippen molar-refractivity contribution >= 4 is 11.6 Å². The van der Waals surface area contributed by atoms with E-state index < -0.39 is 0 Å². The van der Waals surface area contributed by atoms with Crippen molar-refractivity contribution in [3.63, 3.8) is 0 Å². The molecule has 0 atom stereocenters. The van der Waals surface area contributed by atoms with Crippen LogP contribution in [0, 0.1) is 0 Å². The highest BCUT2D eigenvalue weighted by molar-refractivity contribution is 6.31. The molecule has 0 saturated carbocycles. The first-order valence-corrected chi connectivity index (χ1v) is 7.15. The zero-order chi connectivity index (χ0) is 13.7. The molecular weight excluding hydrogens is 258 g/mol. The smallest absolute Gasteiger partial charge is 0.112 e. The normalized spacial score (nSPS) is 10.9. The van der Waals surface area contributed by atoms with Crippen molar-refractivity contribution in [2.24, 2.45) is 0 Å². The van der Waals surface area contributed by atoms with Gasteiger partial charge >= 0.3 is 0 Å². The molecule has 0 spiro atoms. The molecule has 2 aromatic rings. The first-order chi connectivity index (χ1) is 9.26. The van der Waals surface area contributed by atoms with Gasteiger partial charge in [-0.2, -0.15) is 0 Å². The predicted molar refractivity (Wildman–Crippen MR) is 79.9 cm³/mol. The zero-order valence-corrected chi connectivity index (χ0v) is 12.2. The van der Waals surface area contributed by atoms with Crippen LogP contribution in [0.25, 0.3) is 5.69 Å². The summed E-state index contributed by atoms with van der Waals surface area (Å²) in [5, 5.41) is 4.17. The van der Waals surface area contributed by atoms with Crippen LogP contribution in [0.1, 0.15) is 31.7 Å². The van der Waals surface area contributed by atoms with Crippen LogP contribution in [-0.4, -0.2) is 16.1 Å². The van der Waals surface area contributed by atoms with Crippen molar-refractivity contribution < 1.29 is 0 Å². The Labute approximate surface area is 119 Å². The number of rotatable bonds is 6. The Morgan fingerprint density at radius 1 is 1.32 bits per heavy atom. The average Bonchev–Trinajstić information content (AvgIpc) is 2.89. The Kier molecular flexibility index (Phi) is 5.00. The minimum atomic E-state index is 0.803. The van der Waals surface area contributed by atoms with Gasteiger partial charge in [-0.05, 0) is 30.7 Å². The van der Waals surface area contributed by atoms with Crippen LogP contribution in [0.2, 0.25) is 5.02 Å². The molecular formula is C15H20ClN3. The second-order valence-corrected chi connectivity index (χ2v) is 4.93. The monoisotopic (exact) mass is 277 g/mol. The van der Waals surface area contributed by atoms with Crippen molar-refractivity contribution in [1.82, 2.24) is 14.9 Å². The predicted octanol–water partition coefficient (Wildman–Crippen LogP) is 3.59. The second kappa shape index (κ2) is 6.73. The van der Waals surface area contributed by atoms with Crippen LogP contribution in [0.3, 0.4) is 0 Å². The van der Waals surface area contributed by atoms with E-state index in [1.54, 1.807) is 0 Å². The molecule has 2 rings (SSSR count). The molecule has 0 fully saturated rings. The second-order valence-electron chi connectivity index (χ2n) is 4.52. The maximum absolute atomic E-state index is 6.35. The van der Waals surface area contributed by atoms with Crippen LogP contribution >= 0.6 is 11.6 Å². The van der Waals surface area contributed by atoms with Gasteiger partial charge in [0, 0.05) is 36.1 Å². The fraction of sp³-hybridized carbons (Fsp3) is 0.400. The first kappa shape index (κ1) is 14.1. The number of hydrogen-bond donors (Lipinski definition) is 1. The molecule has 1 aromatic carbocycles. The molecule has 0 aliphatic carbocycles. The lowest BCUT2D eigenvalue weighted by Crippen LogP contribution is -2.14. The minimum absolute atomic E-state index is 0.803. The first-order valence-electron chi connectivity index (χ1n) is 6.78. The summed E-state index contributed by atoms with van der Waals surface area (Å²) in [5.41, 5.74) is 2.20. The van der Waals surface area contributed by atoms with Crippen LogP contribution in [0.4, 0.5) is 0 Å². The van der Waals surface area contributed by atoms with E-state index in [0.717, 1.165) is 48.0 Å². The van der Waals surface area contributed by atoms with Gasteiger partial charge in [-0.3, -0.25) is 0 Å². The highest BCUT2D eigenvalue weighted by Crippen LogP contribution is 2.21. The maximum Gasteiger partial charge on any atom is 0.112 e. The van der Waals surface area contributed by atoms with E-state index in [9.17, 15) is 0 Å². The number of benzene rings is 1. The fourth-order valence-electron chi connectivity index (χ4n) is 2.06. The minimum Gasteiger partial charge on any atom is -0.313 e. The largest absolute Gasteiger partial charge is 0.313 e.